The summed E-state index contributed by atoms with van der Waals surface area (Å²) in [7, 11) is 1.31. The van der Waals surface area contributed by atoms with Crippen molar-refractivity contribution < 1.29 is 28.2 Å². The number of fused-ring (bicyclic) bond motifs is 1. The van der Waals surface area contributed by atoms with Crippen molar-refractivity contribution in [3.8, 4) is 22.8 Å². The Morgan fingerprint density at radius 1 is 1.30 bits per heavy atom. The minimum atomic E-state index is -3.01. The smallest absolute Gasteiger partial charge is 0.387 e. The van der Waals surface area contributed by atoms with Crippen molar-refractivity contribution in [1.82, 2.24) is 19.9 Å². The molecule has 30 heavy (non-hydrogen) atoms. The highest BCUT2D eigenvalue weighted by Gasteiger charge is 2.15. The second kappa shape index (κ2) is 9.35. The first-order valence-corrected chi connectivity index (χ1v) is 9.10. The zero-order chi connectivity index (χ0) is 21.7. The van der Waals surface area contributed by atoms with E-state index in [2.05, 4.69) is 25.5 Å². The molecule has 1 atom stereocenters. The van der Waals surface area contributed by atoms with Gasteiger partial charge in [-0.15, -0.1) is 5.10 Å². The number of aliphatic hydroxyl groups excluding tert-OH is 1. The third kappa shape index (κ3) is 4.92. The van der Waals surface area contributed by atoms with Gasteiger partial charge in [-0.05, 0) is 30.2 Å². The zero-order valence-corrected chi connectivity index (χ0v) is 16.3. The number of halogens is 2. The molecule has 2 amide bonds. The van der Waals surface area contributed by atoms with Gasteiger partial charge in [0.1, 0.15) is 0 Å². The predicted octanol–water partition coefficient (Wildman–Crippen LogP) is 2.90. The summed E-state index contributed by atoms with van der Waals surface area (Å²) in [5, 5.41) is 18.7. The number of methoxy groups -OCH3 is 1. The number of carbonyl (C=O) groups is 1. The lowest BCUT2D eigenvalue weighted by Gasteiger charge is -2.13. The number of amides is 2. The van der Waals surface area contributed by atoms with Crippen molar-refractivity contribution >= 4 is 17.4 Å². The standard InChI is InChI=1S/C19H21F2N5O4/c1-3-13(10-27)23-19(28)24-16-8-14-6-11(4-5-26(14)25-16)12-7-15(30-18(20)21)17(29-2)22-9-12/h4-9,13,18,27H,3,10H2,1-2H3,(H2,23,24,25,28)/t13-/m0/s1. The monoisotopic (exact) mass is 421 g/mol. The van der Waals surface area contributed by atoms with E-state index in [0.717, 1.165) is 0 Å². The van der Waals surface area contributed by atoms with E-state index in [4.69, 9.17) is 9.84 Å². The van der Waals surface area contributed by atoms with Crippen LogP contribution in [-0.2, 0) is 0 Å². The fourth-order valence-electron chi connectivity index (χ4n) is 2.77. The topological polar surface area (TPSA) is 110 Å². The lowest BCUT2D eigenvalue weighted by molar-refractivity contribution is -0.0515. The van der Waals surface area contributed by atoms with Gasteiger partial charge in [0.2, 0.25) is 0 Å². The number of alkyl halides is 2. The molecular weight excluding hydrogens is 400 g/mol. The molecule has 3 aromatic rings. The first-order chi connectivity index (χ1) is 14.4. The molecule has 0 fully saturated rings. The third-order valence-electron chi connectivity index (χ3n) is 4.31. The molecule has 3 N–H and O–H groups in total. The predicted molar refractivity (Wildman–Crippen MR) is 105 cm³/mol. The van der Waals surface area contributed by atoms with E-state index in [-0.39, 0.29) is 24.3 Å². The Hall–Kier alpha value is -3.47. The van der Waals surface area contributed by atoms with Gasteiger partial charge in [0.05, 0.1) is 25.3 Å². The van der Waals surface area contributed by atoms with Crippen LogP contribution in [0.25, 0.3) is 16.6 Å². The minimum absolute atomic E-state index is 0.0461. The summed E-state index contributed by atoms with van der Waals surface area (Å²) in [4.78, 5) is 16.0. The highest BCUT2D eigenvalue weighted by molar-refractivity contribution is 5.89. The Labute approximate surface area is 170 Å². The number of ether oxygens (including phenoxy) is 2. The highest BCUT2D eigenvalue weighted by Crippen LogP contribution is 2.31. The number of aliphatic hydroxyl groups is 1. The molecule has 3 rings (SSSR count). The van der Waals surface area contributed by atoms with E-state index in [9.17, 15) is 13.6 Å². The van der Waals surface area contributed by atoms with E-state index in [1.54, 1.807) is 28.9 Å². The van der Waals surface area contributed by atoms with E-state index < -0.39 is 12.6 Å². The number of rotatable bonds is 8. The van der Waals surface area contributed by atoms with Crippen LogP contribution in [0.2, 0.25) is 0 Å². The SMILES string of the molecule is CC[C@@H](CO)NC(=O)Nc1cc2cc(-c3cnc(OC)c(OC(F)F)c3)ccn2n1. The van der Waals surface area contributed by atoms with Crippen LogP contribution in [0, 0.1) is 0 Å². The van der Waals surface area contributed by atoms with Gasteiger partial charge in [0.25, 0.3) is 5.88 Å². The van der Waals surface area contributed by atoms with Crippen LogP contribution in [-0.4, -0.2) is 52.1 Å². The quantitative estimate of drug-likeness (QED) is 0.516. The molecular formula is C19H21F2N5O4. The van der Waals surface area contributed by atoms with Crippen molar-refractivity contribution in [2.75, 3.05) is 19.0 Å². The number of hydrogen-bond donors (Lipinski definition) is 3. The number of pyridine rings is 2. The zero-order valence-electron chi connectivity index (χ0n) is 16.3. The first-order valence-electron chi connectivity index (χ1n) is 9.10. The number of nitrogens with zero attached hydrogens (tertiary/aromatic N) is 3. The van der Waals surface area contributed by atoms with Crippen LogP contribution >= 0.6 is 0 Å². The number of carbonyl (C=O) groups excluding carboxylic acids is 1. The van der Waals surface area contributed by atoms with Gasteiger partial charge in [-0.3, -0.25) is 5.32 Å². The highest BCUT2D eigenvalue weighted by atomic mass is 19.3. The molecule has 9 nitrogen and oxygen atoms in total. The summed E-state index contributed by atoms with van der Waals surface area (Å²) >= 11 is 0. The summed E-state index contributed by atoms with van der Waals surface area (Å²) in [5.41, 5.74) is 1.87. The second-order valence-electron chi connectivity index (χ2n) is 6.31. The minimum Gasteiger partial charge on any atom is -0.478 e. The molecule has 0 unspecified atom stereocenters. The van der Waals surface area contributed by atoms with Crippen LogP contribution in [0.5, 0.6) is 11.6 Å². The average molecular weight is 421 g/mol. The number of aromatic nitrogens is 3. The van der Waals surface area contributed by atoms with Gasteiger partial charge < -0.3 is 19.9 Å². The number of urea groups is 1. The van der Waals surface area contributed by atoms with E-state index >= 15 is 0 Å². The summed E-state index contributed by atoms with van der Waals surface area (Å²) in [6, 6.07) is 5.71. The third-order valence-corrected chi connectivity index (χ3v) is 4.31. The maximum atomic E-state index is 12.6. The molecule has 0 bridgehead atoms. The first kappa shape index (κ1) is 21.2. The van der Waals surface area contributed by atoms with Gasteiger partial charge in [0, 0.05) is 24.0 Å². The maximum Gasteiger partial charge on any atom is 0.387 e. The summed E-state index contributed by atoms with van der Waals surface area (Å²) in [6.07, 6.45) is 3.73. The van der Waals surface area contributed by atoms with Crippen molar-refractivity contribution in [2.24, 2.45) is 0 Å². The summed E-state index contributed by atoms with van der Waals surface area (Å²) in [5.74, 6) is 0.0917. The van der Waals surface area contributed by atoms with Gasteiger partial charge >= 0.3 is 12.6 Å². The van der Waals surface area contributed by atoms with Crippen LogP contribution in [0.4, 0.5) is 19.4 Å². The number of hydrogen-bond acceptors (Lipinski definition) is 6. The van der Waals surface area contributed by atoms with Gasteiger partial charge in [-0.25, -0.2) is 14.3 Å². The lowest BCUT2D eigenvalue weighted by atomic mass is 10.1. The van der Waals surface area contributed by atoms with Crippen molar-refractivity contribution in [2.45, 2.75) is 26.0 Å². The van der Waals surface area contributed by atoms with E-state index in [1.807, 2.05) is 6.92 Å². The van der Waals surface area contributed by atoms with Crippen molar-refractivity contribution in [1.29, 1.82) is 0 Å². The molecule has 0 saturated carbocycles. The fourth-order valence-corrected chi connectivity index (χ4v) is 2.77. The number of anilines is 1. The van der Waals surface area contributed by atoms with Crippen LogP contribution < -0.4 is 20.1 Å². The van der Waals surface area contributed by atoms with E-state index in [1.165, 1.54) is 19.4 Å². The fraction of sp³-hybridized carbons (Fsp3) is 0.316. The molecule has 0 aliphatic heterocycles. The van der Waals surface area contributed by atoms with Crippen LogP contribution in [0.3, 0.4) is 0 Å². The molecule has 0 aromatic carbocycles. The number of nitrogens with one attached hydrogen (secondary N) is 2. The Morgan fingerprint density at radius 3 is 2.77 bits per heavy atom. The Bertz CT molecular complexity index is 1020. The van der Waals surface area contributed by atoms with Crippen molar-refractivity contribution in [3.63, 3.8) is 0 Å². The second-order valence-corrected chi connectivity index (χ2v) is 6.31. The molecule has 3 aromatic heterocycles. The van der Waals surface area contributed by atoms with Gasteiger partial charge in [-0.2, -0.15) is 8.78 Å². The normalized spacial score (nSPS) is 12.1. The Kier molecular flexibility index (Phi) is 6.62. The van der Waals surface area contributed by atoms with Gasteiger partial charge in [0.15, 0.2) is 11.6 Å². The molecule has 160 valence electrons. The summed E-state index contributed by atoms with van der Waals surface area (Å²) < 4.78 is 36.3. The Morgan fingerprint density at radius 2 is 2.10 bits per heavy atom. The molecule has 0 spiro atoms. The molecule has 3 heterocycles. The molecule has 11 heteroatoms. The Balaban J connectivity index is 1.83. The van der Waals surface area contributed by atoms with Crippen molar-refractivity contribution in [3.05, 3.63) is 36.7 Å². The summed E-state index contributed by atoms with van der Waals surface area (Å²) in [6.45, 7) is -1.32. The molecule has 0 saturated heterocycles. The van der Waals surface area contributed by atoms with Crippen LogP contribution in [0.1, 0.15) is 13.3 Å². The largest absolute Gasteiger partial charge is 0.478 e. The van der Waals surface area contributed by atoms with E-state index in [0.29, 0.717) is 28.9 Å². The lowest BCUT2D eigenvalue weighted by Crippen LogP contribution is -2.39. The van der Waals surface area contributed by atoms with Crippen LogP contribution in [0.15, 0.2) is 36.7 Å². The average Bonchev–Trinajstić information content (AvgIpc) is 3.12. The molecule has 0 radical (unpaired) electrons. The molecule has 0 aliphatic rings. The maximum absolute atomic E-state index is 12.6. The van der Waals surface area contributed by atoms with Gasteiger partial charge in [-0.1, -0.05) is 6.92 Å². The molecule has 0 aliphatic carbocycles.